The zero-order valence-electron chi connectivity index (χ0n) is 27.4. The molecule has 1 aliphatic rings. The number of nitrogens with one attached hydrogen (secondary N) is 1. The van der Waals surface area contributed by atoms with Crippen molar-refractivity contribution in [1.82, 2.24) is 10.2 Å². The number of carbonyl (C=O) groups is 2. The van der Waals surface area contributed by atoms with Gasteiger partial charge in [-0.1, -0.05) is 84.6 Å². The third-order valence-electron chi connectivity index (χ3n) is 8.64. The monoisotopic (exact) mass is 723 g/mol. The predicted molar refractivity (Wildman–Crippen MR) is 192 cm³/mol. The second-order valence-electron chi connectivity index (χ2n) is 11.8. The van der Waals surface area contributed by atoms with Gasteiger partial charge in [-0.3, -0.25) is 13.9 Å². The summed E-state index contributed by atoms with van der Waals surface area (Å²) in [6.07, 6.45) is 3.87. The first kappa shape index (κ1) is 36.0. The van der Waals surface area contributed by atoms with E-state index in [4.69, 9.17) is 32.7 Å². The number of anilines is 1. The summed E-state index contributed by atoms with van der Waals surface area (Å²) in [5, 5.41) is 3.78. The van der Waals surface area contributed by atoms with Gasteiger partial charge in [-0.05, 0) is 66.9 Å². The van der Waals surface area contributed by atoms with E-state index < -0.39 is 28.5 Å². The van der Waals surface area contributed by atoms with E-state index in [2.05, 4.69) is 5.32 Å². The summed E-state index contributed by atoms with van der Waals surface area (Å²) in [5.74, 6) is -0.262. The molecule has 0 aromatic heterocycles. The number of hydrogen-bond donors (Lipinski definition) is 1. The van der Waals surface area contributed by atoms with E-state index in [1.807, 2.05) is 30.3 Å². The first-order valence-corrected chi connectivity index (χ1v) is 18.2. The molecule has 0 heterocycles. The second kappa shape index (κ2) is 16.4. The van der Waals surface area contributed by atoms with Crippen LogP contribution in [0.5, 0.6) is 11.5 Å². The number of nitrogens with zero attached hydrogens (tertiary/aromatic N) is 2. The van der Waals surface area contributed by atoms with Crippen molar-refractivity contribution in [3.8, 4) is 11.5 Å². The lowest BCUT2D eigenvalue weighted by Gasteiger charge is -2.35. The maximum absolute atomic E-state index is 14.8. The number of rotatable bonds is 14. The van der Waals surface area contributed by atoms with Crippen molar-refractivity contribution < 1.29 is 27.5 Å². The molecule has 0 aliphatic heterocycles. The topological polar surface area (TPSA) is 105 Å². The standard InChI is InChI=1S/C37H39Cl2N3O6S/c1-47-28-19-21-29(22-20-28)49(45,46)42(33-17-8-9-18-35(33)48-2)25-36(43)41(24-30-31(38)15-10-16-32(30)39)34(23-26-11-4-3-5-12-26)37(44)40-27-13-6-7-14-27/h3-5,8-12,15-22,27,34H,6-7,13-14,23-25H2,1-2H3,(H,40,44). The quantitative estimate of drug-likeness (QED) is 0.152. The predicted octanol–water partition coefficient (Wildman–Crippen LogP) is 6.90. The summed E-state index contributed by atoms with van der Waals surface area (Å²) in [4.78, 5) is 30.3. The Hall–Kier alpha value is -4.25. The molecular weight excluding hydrogens is 685 g/mol. The van der Waals surface area contributed by atoms with Crippen molar-refractivity contribution in [2.24, 2.45) is 0 Å². The molecular formula is C37H39Cl2N3O6S. The third-order valence-corrected chi connectivity index (χ3v) is 11.1. The zero-order chi connectivity index (χ0) is 35.0. The second-order valence-corrected chi connectivity index (χ2v) is 14.5. The Labute approximate surface area is 297 Å². The molecule has 2 amide bonds. The van der Waals surface area contributed by atoms with Crippen molar-refractivity contribution in [3.63, 3.8) is 0 Å². The largest absolute Gasteiger partial charge is 0.497 e. The number of halogens is 2. The van der Waals surface area contributed by atoms with Gasteiger partial charge in [0.2, 0.25) is 11.8 Å². The Morgan fingerprint density at radius 2 is 1.47 bits per heavy atom. The summed E-state index contributed by atoms with van der Waals surface area (Å²) < 4.78 is 40.6. The minimum absolute atomic E-state index is 0.0212. The van der Waals surface area contributed by atoms with Gasteiger partial charge in [-0.2, -0.15) is 0 Å². The summed E-state index contributed by atoms with van der Waals surface area (Å²) in [6, 6.07) is 25.8. The SMILES string of the molecule is COc1ccc(S(=O)(=O)N(CC(=O)N(Cc2c(Cl)cccc2Cl)C(Cc2ccccc2)C(=O)NC2CCCC2)c2ccccc2OC)cc1. The molecule has 9 nitrogen and oxygen atoms in total. The van der Waals surface area contributed by atoms with Gasteiger partial charge >= 0.3 is 0 Å². The van der Waals surface area contributed by atoms with Gasteiger partial charge in [0.1, 0.15) is 24.1 Å². The van der Waals surface area contributed by atoms with Gasteiger partial charge in [0.25, 0.3) is 10.0 Å². The molecule has 1 N–H and O–H groups in total. The maximum Gasteiger partial charge on any atom is 0.264 e. The van der Waals surface area contributed by atoms with Gasteiger partial charge in [-0.25, -0.2) is 8.42 Å². The third kappa shape index (κ3) is 8.68. The van der Waals surface area contributed by atoms with Crippen LogP contribution in [-0.2, 0) is 32.6 Å². The minimum Gasteiger partial charge on any atom is -0.497 e. The van der Waals surface area contributed by atoms with Crippen LogP contribution in [0.15, 0.2) is 102 Å². The molecule has 4 aromatic rings. The lowest BCUT2D eigenvalue weighted by Crippen LogP contribution is -2.54. The van der Waals surface area contributed by atoms with E-state index in [-0.39, 0.29) is 41.2 Å². The Bertz CT molecular complexity index is 1830. The van der Waals surface area contributed by atoms with Crippen LogP contribution in [0.4, 0.5) is 5.69 Å². The van der Waals surface area contributed by atoms with Crippen LogP contribution in [0, 0.1) is 0 Å². The van der Waals surface area contributed by atoms with E-state index >= 15 is 0 Å². The fourth-order valence-corrected chi connectivity index (χ4v) is 7.94. The lowest BCUT2D eigenvalue weighted by atomic mass is 10.0. The van der Waals surface area contributed by atoms with E-state index in [0.717, 1.165) is 35.6 Å². The molecule has 5 rings (SSSR count). The van der Waals surface area contributed by atoms with Crippen LogP contribution in [-0.4, -0.2) is 58.0 Å². The molecule has 1 fully saturated rings. The molecule has 1 unspecified atom stereocenters. The number of amides is 2. The van der Waals surface area contributed by atoms with Crippen LogP contribution >= 0.6 is 23.2 Å². The van der Waals surface area contributed by atoms with Crippen molar-refractivity contribution in [2.45, 2.75) is 55.6 Å². The van der Waals surface area contributed by atoms with Gasteiger partial charge in [-0.15, -0.1) is 0 Å². The highest BCUT2D eigenvalue weighted by molar-refractivity contribution is 7.92. The normalized spacial score (nSPS) is 13.8. The highest BCUT2D eigenvalue weighted by Crippen LogP contribution is 2.34. The number of carbonyl (C=O) groups excluding carboxylic acids is 2. The first-order valence-electron chi connectivity index (χ1n) is 16.0. The lowest BCUT2D eigenvalue weighted by molar-refractivity contribution is -0.140. The number of sulfonamides is 1. The summed E-state index contributed by atoms with van der Waals surface area (Å²) in [7, 11) is -1.45. The average Bonchev–Trinajstić information content (AvgIpc) is 3.63. The molecule has 0 radical (unpaired) electrons. The number of benzene rings is 4. The molecule has 0 bridgehead atoms. The molecule has 258 valence electrons. The number of ether oxygens (including phenoxy) is 2. The molecule has 4 aromatic carbocycles. The summed E-state index contributed by atoms with van der Waals surface area (Å²) in [6.45, 7) is -0.798. The van der Waals surface area contributed by atoms with Crippen molar-refractivity contribution in [1.29, 1.82) is 0 Å². The smallest absolute Gasteiger partial charge is 0.264 e. The number of methoxy groups -OCH3 is 2. The van der Waals surface area contributed by atoms with Gasteiger partial charge < -0.3 is 19.7 Å². The Morgan fingerprint density at radius 3 is 2.10 bits per heavy atom. The average molecular weight is 725 g/mol. The molecule has 0 saturated heterocycles. The van der Waals surface area contributed by atoms with Crippen LogP contribution in [0.25, 0.3) is 0 Å². The Morgan fingerprint density at radius 1 is 0.837 bits per heavy atom. The highest BCUT2D eigenvalue weighted by atomic mass is 35.5. The Kier molecular flexibility index (Phi) is 12.1. The molecule has 0 spiro atoms. The van der Waals surface area contributed by atoms with E-state index in [1.54, 1.807) is 42.5 Å². The number of hydrogen-bond acceptors (Lipinski definition) is 6. The highest BCUT2D eigenvalue weighted by Gasteiger charge is 2.37. The van der Waals surface area contributed by atoms with E-state index in [9.17, 15) is 18.0 Å². The van der Waals surface area contributed by atoms with E-state index in [1.165, 1.54) is 43.4 Å². The van der Waals surface area contributed by atoms with Gasteiger partial charge in [0.05, 0.1) is 24.8 Å². The molecule has 49 heavy (non-hydrogen) atoms. The number of para-hydroxylation sites is 2. The molecule has 1 aliphatic carbocycles. The van der Waals surface area contributed by atoms with Gasteiger partial charge in [0, 0.05) is 34.6 Å². The van der Waals surface area contributed by atoms with Crippen molar-refractivity contribution >= 4 is 50.7 Å². The van der Waals surface area contributed by atoms with Crippen LogP contribution in [0.3, 0.4) is 0 Å². The van der Waals surface area contributed by atoms with Crippen molar-refractivity contribution in [2.75, 3.05) is 25.1 Å². The first-order chi connectivity index (χ1) is 23.6. The Balaban J connectivity index is 1.61. The summed E-state index contributed by atoms with van der Waals surface area (Å²) in [5.41, 5.74) is 1.41. The molecule has 1 atom stereocenters. The summed E-state index contributed by atoms with van der Waals surface area (Å²) >= 11 is 13.2. The zero-order valence-corrected chi connectivity index (χ0v) is 29.7. The minimum atomic E-state index is -4.36. The van der Waals surface area contributed by atoms with Crippen LogP contribution in [0.2, 0.25) is 10.0 Å². The van der Waals surface area contributed by atoms with E-state index in [0.29, 0.717) is 21.4 Å². The molecule has 12 heteroatoms. The van der Waals surface area contributed by atoms with Crippen molar-refractivity contribution in [3.05, 3.63) is 118 Å². The molecule has 1 saturated carbocycles. The fraction of sp³-hybridized carbons (Fsp3) is 0.297. The fourth-order valence-electron chi connectivity index (χ4n) is 6.00. The van der Waals surface area contributed by atoms with Gasteiger partial charge in [0.15, 0.2) is 0 Å². The van der Waals surface area contributed by atoms with Crippen LogP contribution in [0.1, 0.15) is 36.8 Å². The van der Waals surface area contributed by atoms with Crippen LogP contribution < -0.4 is 19.1 Å². The maximum atomic E-state index is 14.8.